The molecule has 0 spiro atoms. The molecule has 0 radical (unpaired) electrons. The van der Waals surface area contributed by atoms with Crippen LogP contribution in [0.4, 0.5) is 4.39 Å². The van der Waals surface area contributed by atoms with Gasteiger partial charge in [-0.05, 0) is 18.2 Å². The van der Waals surface area contributed by atoms with Gasteiger partial charge in [0.2, 0.25) is 5.89 Å². The van der Waals surface area contributed by atoms with E-state index in [0.29, 0.717) is 0 Å². The SMILES string of the molecule is Cc1nc([C@@H](NC(=O)c2ncccc2O)c2ccccc2F)no1. The maximum Gasteiger partial charge on any atom is 0.274 e. The summed E-state index contributed by atoms with van der Waals surface area (Å²) in [6.45, 7) is 1.58. The first-order valence-electron chi connectivity index (χ1n) is 7.05. The van der Waals surface area contributed by atoms with Crippen LogP contribution < -0.4 is 5.32 Å². The molecule has 0 saturated heterocycles. The Bertz CT molecular complexity index is 881. The quantitative estimate of drug-likeness (QED) is 0.761. The van der Waals surface area contributed by atoms with E-state index in [-0.39, 0.29) is 28.7 Å². The first kappa shape index (κ1) is 15.6. The summed E-state index contributed by atoms with van der Waals surface area (Å²) in [5.74, 6) is -1.13. The van der Waals surface area contributed by atoms with E-state index in [1.54, 1.807) is 13.0 Å². The molecule has 0 saturated carbocycles. The molecule has 1 aromatic carbocycles. The van der Waals surface area contributed by atoms with Crippen molar-refractivity contribution in [2.24, 2.45) is 0 Å². The second-order valence-electron chi connectivity index (χ2n) is 4.97. The van der Waals surface area contributed by atoms with Gasteiger partial charge in [0, 0.05) is 18.7 Å². The number of amides is 1. The highest BCUT2D eigenvalue weighted by Crippen LogP contribution is 2.23. The van der Waals surface area contributed by atoms with Crippen molar-refractivity contribution in [3.63, 3.8) is 0 Å². The molecule has 0 aliphatic carbocycles. The lowest BCUT2D eigenvalue weighted by Gasteiger charge is -2.16. The number of pyridine rings is 1. The van der Waals surface area contributed by atoms with E-state index in [9.17, 15) is 14.3 Å². The van der Waals surface area contributed by atoms with Gasteiger partial charge in [0.25, 0.3) is 5.91 Å². The summed E-state index contributed by atoms with van der Waals surface area (Å²) in [6.07, 6.45) is 1.37. The second kappa shape index (κ2) is 6.45. The fraction of sp³-hybridized carbons (Fsp3) is 0.125. The van der Waals surface area contributed by atoms with Gasteiger partial charge in [-0.25, -0.2) is 9.37 Å². The number of halogens is 1. The van der Waals surface area contributed by atoms with Crippen molar-refractivity contribution in [2.45, 2.75) is 13.0 Å². The Morgan fingerprint density at radius 2 is 2.08 bits per heavy atom. The van der Waals surface area contributed by atoms with Crippen LogP contribution in [-0.4, -0.2) is 26.1 Å². The largest absolute Gasteiger partial charge is 0.505 e. The van der Waals surface area contributed by atoms with Crippen LogP contribution in [0.2, 0.25) is 0 Å². The molecule has 3 rings (SSSR count). The van der Waals surface area contributed by atoms with E-state index >= 15 is 0 Å². The van der Waals surface area contributed by atoms with Gasteiger partial charge >= 0.3 is 0 Å². The zero-order valence-corrected chi connectivity index (χ0v) is 12.6. The van der Waals surface area contributed by atoms with Crippen molar-refractivity contribution < 1.29 is 18.8 Å². The molecule has 3 aromatic rings. The molecule has 7 nitrogen and oxygen atoms in total. The lowest BCUT2D eigenvalue weighted by atomic mass is 10.1. The molecule has 2 N–H and O–H groups in total. The maximum atomic E-state index is 14.2. The predicted octanol–water partition coefficient (Wildman–Crippen LogP) is 2.14. The fourth-order valence-electron chi connectivity index (χ4n) is 2.19. The van der Waals surface area contributed by atoms with Crippen LogP contribution in [-0.2, 0) is 0 Å². The highest BCUT2D eigenvalue weighted by atomic mass is 19.1. The van der Waals surface area contributed by atoms with Crippen molar-refractivity contribution in [3.05, 3.63) is 71.4 Å². The monoisotopic (exact) mass is 328 g/mol. The number of hydrogen-bond acceptors (Lipinski definition) is 6. The van der Waals surface area contributed by atoms with E-state index in [0.717, 1.165) is 0 Å². The number of benzene rings is 1. The number of nitrogens with zero attached hydrogens (tertiary/aromatic N) is 3. The number of aryl methyl sites for hydroxylation is 1. The molecular formula is C16H13FN4O3. The van der Waals surface area contributed by atoms with Gasteiger partial charge in [0.1, 0.15) is 17.6 Å². The molecular weight excluding hydrogens is 315 g/mol. The summed E-state index contributed by atoms with van der Waals surface area (Å²) < 4.78 is 19.1. The third-order valence-electron chi connectivity index (χ3n) is 3.29. The third kappa shape index (κ3) is 3.07. The van der Waals surface area contributed by atoms with Crippen molar-refractivity contribution in [3.8, 4) is 5.75 Å². The summed E-state index contributed by atoms with van der Waals surface area (Å²) in [5, 5.41) is 16.1. The van der Waals surface area contributed by atoms with Gasteiger partial charge in [-0.1, -0.05) is 23.4 Å². The van der Waals surface area contributed by atoms with E-state index in [1.807, 2.05) is 0 Å². The highest BCUT2D eigenvalue weighted by molar-refractivity contribution is 5.95. The Kier molecular flexibility index (Phi) is 4.19. The van der Waals surface area contributed by atoms with Crippen molar-refractivity contribution in [1.82, 2.24) is 20.4 Å². The van der Waals surface area contributed by atoms with Gasteiger partial charge in [0.15, 0.2) is 11.5 Å². The zero-order chi connectivity index (χ0) is 17.1. The first-order chi connectivity index (χ1) is 11.6. The predicted molar refractivity (Wildman–Crippen MR) is 80.6 cm³/mol. The van der Waals surface area contributed by atoms with Crippen LogP contribution >= 0.6 is 0 Å². The molecule has 8 heteroatoms. The smallest absolute Gasteiger partial charge is 0.274 e. The van der Waals surface area contributed by atoms with Crippen molar-refractivity contribution in [2.75, 3.05) is 0 Å². The number of nitrogens with one attached hydrogen (secondary N) is 1. The Balaban J connectivity index is 1.98. The van der Waals surface area contributed by atoms with Crippen LogP contribution in [0.15, 0.2) is 47.1 Å². The third-order valence-corrected chi connectivity index (χ3v) is 3.29. The average Bonchev–Trinajstić information content (AvgIpc) is 3.00. The summed E-state index contributed by atoms with van der Waals surface area (Å²) in [4.78, 5) is 20.3. The molecule has 2 heterocycles. The van der Waals surface area contributed by atoms with Crippen LogP contribution in [0.5, 0.6) is 5.75 Å². The molecule has 1 atom stereocenters. The molecule has 0 aliphatic heterocycles. The van der Waals surface area contributed by atoms with Gasteiger partial charge in [-0.3, -0.25) is 4.79 Å². The van der Waals surface area contributed by atoms with Gasteiger partial charge in [-0.15, -0.1) is 0 Å². The van der Waals surface area contributed by atoms with Gasteiger partial charge in [0.05, 0.1) is 0 Å². The second-order valence-corrected chi connectivity index (χ2v) is 4.97. The lowest BCUT2D eigenvalue weighted by molar-refractivity contribution is 0.0932. The van der Waals surface area contributed by atoms with Crippen molar-refractivity contribution in [1.29, 1.82) is 0 Å². The molecule has 2 aromatic heterocycles. The van der Waals surface area contributed by atoms with Gasteiger partial charge in [-0.2, -0.15) is 4.98 Å². The molecule has 0 aliphatic rings. The van der Waals surface area contributed by atoms with E-state index in [2.05, 4.69) is 20.4 Å². The first-order valence-corrected chi connectivity index (χ1v) is 7.05. The number of rotatable bonds is 4. The van der Waals surface area contributed by atoms with Crippen LogP contribution in [0, 0.1) is 12.7 Å². The number of carbonyl (C=O) groups excluding carboxylic acids is 1. The minimum atomic E-state index is -0.988. The van der Waals surface area contributed by atoms with Crippen LogP contribution in [0.3, 0.4) is 0 Å². The Hall–Kier alpha value is -3.29. The molecule has 0 fully saturated rings. The zero-order valence-electron chi connectivity index (χ0n) is 12.6. The number of carbonyl (C=O) groups is 1. The van der Waals surface area contributed by atoms with E-state index in [4.69, 9.17) is 4.52 Å². The summed E-state index contributed by atoms with van der Waals surface area (Å²) >= 11 is 0. The molecule has 1 amide bonds. The fourth-order valence-corrected chi connectivity index (χ4v) is 2.19. The lowest BCUT2D eigenvalue weighted by Crippen LogP contribution is -2.31. The molecule has 24 heavy (non-hydrogen) atoms. The van der Waals surface area contributed by atoms with Gasteiger partial charge < -0.3 is 14.9 Å². The number of aromatic hydroxyl groups is 1. The Morgan fingerprint density at radius 1 is 1.29 bits per heavy atom. The van der Waals surface area contributed by atoms with Crippen LogP contribution in [0.25, 0.3) is 0 Å². The molecule has 0 bridgehead atoms. The highest BCUT2D eigenvalue weighted by Gasteiger charge is 2.26. The average molecular weight is 328 g/mol. The minimum Gasteiger partial charge on any atom is -0.505 e. The Labute approximate surface area is 136 Å². The standard InChI is InChI=1S/C16H13FN4O3/c1-9-19-15(21-24-9)13(10-5-2-3-6-11(10)17)20-16(23)14-12(22)7-4-8-18-14/h2-8,13,22H,1H3,(H,20,23)/t13-/m0/s1. The summed E-state index contributed by atoms with van der Waals surface area (Å²) in [7, 11) is 0. The molecule has 122 valence electrons. The van der Waals surface area contributed by atoms with Crippen molar-refractivity contribution >= 4 is 5.91 Å². The Morgan fingerprint density at radius 3 is 2.75 bits per heavy atom. The van der Waals surface area contributed by atoms with Crippen LogP contribution in [0.1, 0.15) is 33.8 Å². The molecule has 0 unspecified atom stereocenters. The van der Waals surface area contributed by atoms with E-state index in [1.165, 1.54) is 36.5 Å². The number of aromatic nitrogens is 3. The summed E-state index contributed by atoms with van der Waals surface area (Å²) in [5.41, 5.74) is -0.0128. The normalized spacial score (nSPS) is 11.9. The number of hydrogen-bond donors (Lipinski definition) is 2. The minimum absolute atomic E-state index is 0.0985. The summed E-state index contributed by atoms with van der Waals surface area (Å²) in [6, 6.07) is 7.76. The van der Waals surface area contributed by atoms with E-state index < -0.39 is 17.8 Å². The maximum absolute atomic E-state index is 14.2. The topological polar surface area (TPSA) is 101 Å².